The molecule has 1 amide bonds. The molecule has 0 saturated carbocycles. The summed E-state index contributed by atoms with van der Waals surface area (Å²) in [4.78, 5) is 18.0. The molecule has 0 saturated heterocycles. The number of rotatable bonds is 7. The lowest BCUT2D eigenvalue weighted by Crippen LogP contribution is -2.36. The molecule has 3 aromatic rings. The Kier molecular flexibility index (Phi) is 6.01. The number of halogens is 1. The summed E-state index contributed by atoms with van der Waals surface area (Å²) in [5.41, 5.74) is 1.55. The molecular weight excluding hydrogens is 407 g/mol. The predicted octanol–water partition coefficient (Wildman–Crippen LogP) is 4.72. The van der Waals surface area contributed by atoms with Gasteiger partial charge in [-0.25, -0.2) is 13.9 Å². The molecule has 0 unspecified atom stereocenters. The van der Waals surface area contributed by atoms with Crippen LogP contribution in [0.1, 0.15) is 11.1 Å². The van der Waals surface area contributed by atoms with E-state index in [0.29, 0.717) is 35.0 Å². The van der Waals surface area contributed by atoms with Gasteiger partial charge in [-0.05, 0) is 37.4 Å². The Labute approximate surface area is 177 Å². The number of hydrogen-bond acceptors (Lipinski definition) is 7. The molecule has 4 rings (SSSR count). The Morgan fingerprint density at radius 2 is 2.13 bits per heavy atom. The highest BCUT2D eigenvalue weighted by Crippen LogP contribution is 2.33. The first-order valence-electron chi connectivity index (χ1n) is 9.17. The van der Waals surface area contributed by atoms with Gasteiger partial charge in [-0.15, -0.1) is 0 Å². The molecule has 0 spiro atoms. The second-order valence-electron chi connectivity index (χ2n) is 6.47. The topological polar surface area (TPSA) is 75.7 Å². The molecule has 154 valence electrons. The van der Waals surface area contributed by atoms with Crippen LogP contribution in [0.3, 0.4) is 0 Å². The Morgan fingerprint density at radius 1 is 1.23 bits per heavy atom. The van der Waals surface area contributed by atoms with Crippen LogP contribution in [0.4, 0.5) is 14.9 Å². The molecule has 9 heteroatoms. The summed E-state index contributed by atoms with van der Waals surface area (Å²) in [6.45, 7) is 0.404. The smallest absolute Gasteiger partial charge is 0.415 e. The van der Waals surface area contributed by atoms with Crippen molar-refractivity contribution >= 4 is 23.9 Å². The summed E-state index contributed by atoms with van der Waals surface area (Å²) in [6, 6.07) is 13.9. The van der Waals surface area contributed by atoms with Gasteiger partial charge < -0.3 is 14.2 Å². The molecule has 2 heterocycles. The quantitative estimate of drug-likeness (QED) is 0.530. The van der Waals surface area contributed by atoms with Crippen molar-refractivity contribution in [2.24, 2.45) is 0 Å². The normalized spacial score (nSPS) is 12.9. The molecule has 0 aliphatic carbocycles. The van der Waals surface area contributed by atoms with Gasteiger partial charge in [-0.2, -0.15) is 0 Å². The number of amides is 1. The number of nitrogens with one attached hydrogen (secondary N) is 2. The van der Waals surface area contributed by atoms with E-state index in [1.165, 1.54) is 4.90 Å². The monoisotopic (exact) mass is 426 g/mol. The fourth-order valence-corrected chi connectivity index (χ4v) is 3.38. The molecular formula is C21H19FN4O3S. The average molecular weight is 426 g/mol. The lowest BCUT2D eigenvalue weighted by atomic mass is 10.1. The van der Waals surface area contributed by atoms with Crippen molar-refractivity contribution < 1.29 is 18.7 Å². The molecule has 0 bridgehead atoms. The molecule has 2 aromatic carbocycles. The number of nitrogens with zero attached hydrogens (tertiary/aromatic N) is 2. The van der Waals surface area contributed by atoms with Crippen LogP contribution in [0, 0.1) is 5.82 Å². The van der Waals surface area contributed by atoms with Gasteiger partial charge in [0.05, 0.1) is 25.0 Å². The highest BCUT2D eigenvalue weighted by Gasteiger charge is 2.26. The third-order valence-corrected chi connectivity index (χ3v) is 4.95. The summed E-state index contributed by atoms with van der Waals surface area (Å²) in [5.74, 6) is 1.15. The van der Waals surface area contributed by atoms with Crippen LogP contribution in [0.2, 0.25) is 0 Å². The SMILES string of the molecule is CNSNc1cccc(CN2Cc3ccc(Oc4cccnc4)cc3OC2=O)c1F. The molecule has 1 aromatic heterocycles. The Morgan fingerprint density at radius 3 is 2.93 bits per heavy atom. The minimum Gasteiger partial charge on any atom is -0.456 e. The van der Waals surface area contributed by atoms with Gasteiger partial charge in [0.15, 0.2) is 5.82 Å². The largest absolute Gasteiger partial charge is 0.456 e. The predicted molar refractivity (Wildman–Crippen MR) is 113 cm³/mol. The highest BCUT2D eigenvalue weighted by molar-refractivity contribution is 7.98. The summed E-state index contributed by atoms with van der Waals surface area (Å²) in [6.07, 6.45) is 2.72. The van der Waals surface area contributed by atoms with Gasteiger partial charge in [0.2, 0.25) is 0 Å². The molecule has 1 aliphatic rings. The molecule has 2 N–H and O–H groups in total. The molecule has 0 radical (unpaired) electrons. The molecule has 1 aliphatic heterocycles. The fraction of sp³-hybridized carbons (Fsp3) is 0.143. The van der Waals surface area contributed by atoms with E-state index in [1.54, 1.807) is 61.9 Å². The van der Waals surface area contributed by atoms with Crippen LogP contribution in [-0.2, 0) is 13.1 Å². The van der Waals surface area contributed by atoms with Crippen molar-refractivity contribution in [1.29, 1.82) is 0 Å². The van der Waals surface area contributed by atoms with Crippen molar-refractivity contribution in [3.63, 3.8) is 0 Å². The maximum absolute atomic E-state index is 14.7. The molecule has 0 fully saturated rings. The van der Waals surface area contributed by atoms with Crippen molar-refractivity contribution in [3.8, 4) is 17.2 Å². The van der Waals surface area contributed by atoms with E-state index < -0.39 is 11.9 Å². The van der Waals surface area contributed by atoms with Gasteiger partial charge >= 0.3 is 6.09 Å². The van der Waals surface area contributed by atoms with Crippen LogP contribution >= 0.6 is 12.1 Å². The van der Waals surface area contributed by atoms with Crippen LogP contribution in [0.25, 0.3) is 0 Å². The number of pyridine rings is 1. The number of carbonyl (C=O) groups is 1. The van der Waals surface area contributed by atoms with Crippen molar-refractivity contribution in [3.05, 3.63) is 77.9 Å². The van der Waals surface area contributed by atoms with E-state index in [-0.39, 0.29) is 6.54 Å². The number of ether oxygens (including phenoxy) is 2. The van der Waals surface area contributed by atoms with E-state index in [2.05, 4.69) is 14.4 Å². The zero-order chi connectivity index (χ0) is 20.9. The molecule has 0 atom stereocenters. The maximum atomic E-state index is 14.7. The maximum Gasteiger partial charge on any atom is 0.415 e. The van der Waals surface area contributed by atoms with Gasteiger partial charge in [-0.3, -0.25) is 9.88 Å². The number of anilines is 1. The van der Waals surface area contributed by atoms with Crippen molar-refractivity contribution in [2.75, 3.05) is 11.8 Å². The standard InChI is InChI=1S/C21H19FN4O3S/c1-23-30-25-18-6-2-4-15(20(18)22)13-26-12-14-7-8-16(10-19(14)29-21(26)27)28-17-5-3-9-24-11-17/h2-11,23,25H,12-13H2,1H3. The Bertz CT molecular complexity index is 1050. The average Bonchev–Trinajstić information content (AvgIpc) is 2.75. The van der Waals surface area contributed by atoms with E-state index in [1.807, 2.05) is 6.07 Å². The fourth-order valence-electron chi connectivity index (χ4n) is 3.01. The van der Waals surface area contributed by atoms with Crippen LogP contribution in [0.15, 0.2) is 60.9 Å². The van der Waals surface area contributed by atoms with Gasteiger partial charge in [0, 0.05) is 35.5 Å². The Balaban J connectivity index is 1.48. The van der Waals surface area contributed by atoms with Crippen molar-refractivity contribution in [1.82, 2.24) is 14.6 Å². The molecule has 7 nitrogen and oxygen atoms in total. The van der Waals surface area contributed by atoms with Crippen LogP contribution < -0.4 is 18.9 Å². The number of aromatic nitrogens is 1. The minimum absolute atomic E-state index is 0.0950. The number of benzene rings is 2. The van der Waals surface area contributed by atoms with Crippen molar-refractivity contribution in [2.45, 2.75) is 13.1 Å². The number of carbonyl (C=O) groups excluding carboxylic acids is 1. The van der Waals surface area contributed by atoms with Gasteiger partial charge in [0.25, 0.3) is 0 Å². The van der Waals surface area contributed by atoms with E-state index in [0.717, 1.165) is 17.7 Å². The van der Waals surface area contributed by atoms with Crippen LogP contribution in [-0.4, -0.2) is 23.0 Å². The lowest BCUT2D eigenvalue weighted by Gasteiger charge is -2.28. The number of fused-ring (bicyclic) bond motifs is 1. The summed E-state index contributed by atoms with van der Waals surface area (Å²) >= 11 is 1.16. The first-order valence-corrected chi connectivity index (χ1v) is 9.99. The molecule has 30 heavy (non-hydrogen) atoms. The lowest BCUT2D eigenvalue weighted by molar-refractivity contribution is 0.134. The van der Waals surface area contributed by atoms with Crippen LogP contribution in [0.5, 0.6) is 17.2 Å². The first-order chi connectivity index (χ1) is 14.6. The number of hydrogen-bond donors (Lipinski definition) is 2. The summed E-state index contributed by atoms with van der Waals surface area (Å²) in [7, 11) is 1.73. The van der Waals surface area contributed by atoms with E-state index in [4.69, 9.17) is 9.47 Å². The highest BCUT2D eigenvalue weighted by atomic mass is 32.2. The van der Waals surface area contributed by atoms with Gasteiger partial charge in [0.1, 0.15) is 17.2 Å². The van der Waals surface area contributed by atoms with E-state index in [9.17, 15) is 9.18 Å². The first kappa shape index (κ1) is 20.0. The summed E-state index contributed by atoms with van der Waals surface area (Å²) in [5, 5.41) is 0. The third kappa shape index (κ3) is 4.47. The van der Waals surface area contributed by atoms with E-state index >= 15 is 0 Å². The Hall–Kier alpha value is -3.30. The minimum atomic E-state index is -0.539. The zero-order valence-electron chi connectivity index (χ0n) is 16.1. The zero-order valence-corrected chi connectivity index (χ0v) is 16.9. The second-order valence-corrected chi connectivity index (χ2v) is 7.29. The second kappa shape index (κ2) is 9.02. The third-order valence-electron chi connectivity index (χ3n) is 4.43. The van der Waals surface area contributed by atoms with Gasteiger partial charge in [-0.1, -0.05) is 12.1 Å². The summed E-state index contributed by atoms with van der Waals surface area (Å²) < 4.78 is 31.6.